The maximum Gasteiger partial charge on any atom is 0.339 e. The molecule has 0 spiro atoms. The van der Waals surface area contributed by atoms with Crippen LogP contribution in [0.3, 0.4) is 0 Å². The van der Waals surface area contributed by atoms with E-state index in [0.717, 1.165) is 57.8 Å². The molecule has 0 aromatic rings. The average Bonchev–Trinajstić information content (AvgIpc) is 3.03. The van der Waals surface area contributed by atoms with Crippen LogP contribution in [0.1, 0.15) is 194 Å². The zero-order valence-corrected chi connectivity index (χ0v) is 40.0. The van der Waals surface area contributed by atoms with E-state index in [9.17, 15) is 0 Å². The third-order valence-electron chi connectivity index (χ3n) is 8.92. The number of hydrogen-bond donors (Lipinski definition) is 9. The van der Waals surface area contributed by atoms with Gasteiger partial charge in [-0.3, -0.25) is 13.6 Å². The summed E-state index contributed by atoms with van der Waals surface area (Å²) < 4.78 is 15.4. The molecule has 49 heavy (non-hydrogen) atoms. The van der Waals surface area contributed by atoms with Crippen molar-refractivity contribution in [3.8, 4) is 0 Å². The topological polar surface area (TPSA) is 27.7 Å². The van der Waals surface area contributed by atoms with Crippen molar-refractivity contribution in [2.24, 2.45) is 0 Å². The smallest absolute Gasteiger partial charge is 0.283 e. The van der Waals surface area contributed by atoms with E-state index in [4.69, 9.17) is 127 Å². The van der Waals surface area contributed by atoms with Crippen LogP contribution in [0.2, 0.25) is 0 Å². The van der Waals surface area contributed by atoms with Gasteiger partial charge in [0, 0.05) is 0 Å². The zero-order chi connectivity index (χ0) is 37.0. The third kappa shape index (κ3) is 28.5. The molecule has 0 radical (unpaired) electrons. The first-order valence-corrected chi connectivity index (χ1v) is 24.8. The first kappa shape index (κ1) is 52.5. The molecule has 0 aliphatic rings. The molecule has 0 amide bonds. The van der Waals surface area contributed by atoms with Crippen LogP contribution in [-0.4, -0.2) is 28.5 Å². The first-order valence-electron chi connectivity index (χ1n) is 19.5. The summed E-state index contributed by atoms with van der Waals surface area (Å²) in [7, 11) is -2.12. The number of unbranched alkanes of at least 4 members (excludes halogenated alkanes) is 21. The van der Waals surface area contributed by atoms with Crippen LogP contribution < -0.4 is 0 Å². The molecule has 0 heterocycles. The molecule has 296 valence electrons. The predicted octanol–water partition coefficient (Wildman–Crippen LogP) is 15.3. The Bertz CT molecular complexity index is 657. The van der Waals surface area contributed by atoms with E-state index in [2.05, 4.69) is 20.8 Å². The Morgan fingerprint density at radius 2 is 0.531 bits per heavy atom. The highest BCUT2D eigenvalue weighted by Gasteiger charge is 2.44. The summed E-state index contributed by atoms with van der Waals surface area (Å²) in [6, 6.07) is 0. The quantitative estimate of drug-likeness (QED) is 0.0136. The van der Waals surface area contributed by atoms with Gasteiger partial charge in [0.2, 0.25) is 0 Å². The minimum atomic E-state index is -2.12. The van der Waals surface area contributed by atoms with Crippen molar-refractivity contribution in [2.45, 2.75) is 223 Å². The Morgan fingerprint density at radius 1 is 0.347 bits per heavy atom. The van der Waals surface area contributed by atoms with Crippen LogP contribution in [0, 0.1) is 0 Å². The molecule has 3 atom stereocenters. The van der Waals surface area contributed by atoms with Crippen molar-refractivity contribution in [1.82, 2.24) is 0 Å². The minimum absolute atomic E-state index is 0.270. The lowest BCUT2D eigenvalue weighted by molar-refractivity contribution is 0.105. The van der Waals surface area contributed by atoms with Crippen molar-refractivity contribution >= 4 is 122 Å². The van der Waals surface area contributed by atoms with E-state index in [1.165, 1.54) is 116 Å². The van der Waals surface area contributed by atoms with Crippen LogP contribution in [0.4, 0.5) is 0 Å². The normalized spacial score (nSPS) is 15.4. The highest BCUT2D eigenvalue weighted by molar-refractivity contribution is 8.03. The van der Waals surface area contributed by atoms with Crippen molar-refractivity contribution in [2.75, 3.05) is 0 Å². The maximum atomic E-state index is 6.38. The Hall–Kier alpha value is 3.46. The molecule has 0 aromatic heterocycles. The summed E-state index contributed by atoms with van der Waals surface area (Å²) in [6.45, 7) is 6.75. The molecule has 3 nitrogen and oxygen atoms in total. The molecule has 13 heteroatoms. The van der Waals surface area contributed by atoms with Crippen LogP contribution in [-0.2, 0) is 13.6 Å². The summed E-state index contributed by atoms with van der Waals surface area (Å²) in [5.74, 6) is 0. The van der Waals surface area contributed by atoms with Gasteiger partial charge in [0.1, 0.15) is 0 Å². The summed E-state index contributed by atoms with van der Waals surface area (Å²) in [6.07, 6.45) is 32.1. The Balaban J connectivity index is 5.27. The van der Waals surface area contributed by atoms with Gasteiger partial charge in [0.25, 0.3) is 0 Å². The molecule has 0 N–H and O–H groups in total. The second kappa shape index (κ2) is 32.5. The second-order valence-corrected chi connectivity index (χ2v) is 21.7. The van der Waals surface area contributed by atoms with Gasteiger partial charge in [-0.05, 0) is 19.3 Å². The monoisotopic (exact) mass is 874 g/mol. The molecule has 0 aromatic carbocycles. The minimum Gasteiger partial charge on any atom is -0.283 e. The molecule has 0 bridgehead atoms. The fraction of sp³-hybridized carbons (Fsp3) is 1.00. The summed E-state index contributed by atoms with van der Waals surface area (Å²) in [5, 5.41) is -0.811. The molecule has 0 rings (SSSR count). The predicted molar refractivity (Wildman–Crippen MR) is 252 cm³/mol. The summed E-state index contributed by atoms with van der Waals surface area (Å²) in [4.78, 5) is 0. The summed E-state index contributed by atoms with van der Waals surface area (Å²) >= 11 is 43.4. The van der Waals surface area contributed by atoms with E-state index in [0.29, 0.717) is 0 Å². The van der Waals surface area contributed by atoms with E-state index in [1.807, 2.05) is 0 Å². The third-order valence-corrected chi connectivity index (χ3v) is 16.6. The van der Waals surface area contributed by atoms with E-state index < -0.39 is 21.4 Å². The fourth-order valence-corrected chi connectivity index (χ4v) is 9.63. The molecule has 0 saturated carbocycles. The van der Waals surface area contributed by atoms with Crippen LogP contribution in [0.25, 0.3) is 0 Å². The standard InChI is InChI=1S/C36H75O3PS9/c1-4-7-10-13-16-19-22-25-28-31(41)34(44,45)37-40(38-35(46,47)32(42)29-26-23-20-17-14-11-8-5-2)39-36(48,49)33(43)30-27-24-21-18-15-12-9-6-3/h31-33,41-49H,4-30H2,1-3H3. The van der Waals surface area contributed by atoms with Gasteiger partial charge < -0.3 is 0 Å². The van der Waals surface area contributed by atoms with Gasteiger partial charge in [-0.15, -0.1) is 75.8 Å². The zero-order valence-electron chi connectivity index (χ0n) is 31.0. The molecule has 3 unspecified atom stereocenters. The Kier molecular flexibility index (Phi) is 34.8. The van der Waals surface area contributed by atoms with Crippen molar-refractivity contribution in [3.63, 3.8) is 0 Å². The number of thiol groups is 9. The molecule has 0 saturated heterocycles. The van der Waals surface area contributed by atoms with Crippen molar-refractivity contribution in [3.05, 3.63) is 0 Å². The van der Waals surface area contributed by atoms with Gasteiger partial charge in [0.15, 0.2) is 12.8 Å². The van der Waals surface area contributed by atoms with Crippen LogP contribution in [0.5, 0.6) is 0 Å². The lowest BCUT2D eigenvalue weighted by Gasteiger charge is -2.39. The fourth-order valence-electron chi connectivity index (χ4n) is 5.55. The van der Waals surface area contributed by atoms with E-state index in [1.54, 1.807) is 0 Å². The van der Waals surface area contributed by atoms with Gasteiger partial charge in [0.05, 0.1) is 15.7 Å². The summed E-state index contributed by atoms with van der Waals surface area (Å²) in [5.41, 5.74) is 0. The molecular formula is C36H75O3PS9. The van der Waals surface area contributed by atoms with Crippen LogP contribution in [0.15, 0.2) is 0 Å². The van der Waals surface area contributed by atoms with Crippen molar-refractivity contribution in [1.29, 1.82) is 0 Å². The lowest BCUT2D eigenvalue weighted by Crippen LogP contribution is -2.36. The van der Waals surface area contributed by atoms with E-state index >= 15 is 0 Å². The first-order chi connectivity index (χ1) is 23.2. The van der Waals surface area contributed by atoms with E-state index in [-0.39, 0.29) is 15.7 Å². The lowest BCUT2D eigenvalue weighted by atomic mass is 10.1. The maximum absolute atomic E-state index is 6.38. The molecule has 0 aliphatic heterocycles. The SMILES string of the molecule is CCCCCCCCCCC(S)C(S)(S)OP(OC(S)(S)C(S)CCCCCCCCCC)OC(S)(S)C(S)CCCCCCCCCC. The van der Waals surface area contributed by atoms with Crippen LogP contribution >= 0.6 is 122 Å². The molecule has 0 aliphatic carbocycles. The molecule has 0 fully saturated rings. The number of rotatable bonds is 36. The Labute approximate surface area is 355 Å². The van der Waals surface area contributed by atoms with Gasteiger partial charge in [-0.2, -0.15) is 37.9 Å². The number of hydrogen-bond acceptors (Lipinski definition) is 12. The highest BCUT2D eigenvalue weighted by atomic mass is 32.2. The Morgan fingerprint density at radius 3 is 0.735 bits per heavy atom. The van der Waals surface area contributed by atoms with Gasteiger partial charge in [-0.1, -0.05) is 175 Å². The van der Waals surface area contributed by atoms with Gasteiger partial charge >= 0.3 is 8.60 Å². The second-order valence-electron chi connectivity index (χ2n) is 13.8. The van der Waals surface area contributed by atoms with Gasteiger partial charge in [-0.25, -0.2) is 0 Å². The molecular weight excluding hydrogens is 800 g/mol. The largest absolute Gasteiger partial charge is 0.339 e. The van der Waals surface area contributed by atoms with Crippen molar-refractivity contribution < 1.29 is 13.6 Å². The average molecular weight is 876 g/mol. The highest BCUT2D eigenvalue weighted by Crippen LogP contribution is 2.58.